The lowest BCUT2D eigenvalue weighted by molar-refractivity contribution is 0.805. The average molecular weight is 240 g/mol. The molecule has 2 heterocycles. The number of imidazole rings is 1. The van der Waals surface area contributed by atoms with E-state index in [0.717, 1.165) is 5.56 Å². The normalized spacial score (nSPS) is 12.7. The lowest BCUT2D eigenvalue weighted by Gasteiger charge is -2.07. The number of benzene rings is 1. The van der Waals surface area contributed by atoms with Crippen LogP contribution in [0.1, 0.15) is 17.4 Å². The molecule has 90 valence electrons. The van der Waals surface area contributed by atoms with Crippen LogP contribution in [0.2, 0.25) is 0 Å². The topological polar surface area (TPSA) is 106 Å². The molecule has 3 aromatic rings. The molecular formula is C12H12N6. The van der Waals surface area contributed by atoms with Crippen LogP contribution < -0.4 is 11.5 Å². The summed E-state index contributed by atoms with van der Waals surface area (Å²) in [5, 5.41) is 0. The maximum absolute atomic E-state index is 6.15. The molecule has 0 aliphatic carbocycles. The van der Waals surface area contributed by atoms with Crippen LogP contribution in [0.25, 0.3) is 11.2 Å². The van der Waals surface area contributed by atoms with Crippen LogP contribution in [0.4, 0.5) is 5.82 Å². The molecule has 0 fully saturated rings. The van der Waals surface area contributed by atoms with Gasteiger partial charge in [-0.3, -0.25) is 0 Å². The van der Waals surface area contributed by atoms with E-state index in [9.17, 15) is 0 Å². The second-order valence-electron chi connectivity index (χ2n) is 3.97. The fraction of sp³-hybridized carbons (Fsp3) is 0.0833. The van der Waals surface area contributed by atoms with Crippen LogP contribution >= 0.6 is 0 Å². The molecule has 1 unspecified atom stereocenters. The zero-order valence-corrected chi connectivity index (χ0v) is 9.54. The summed E-state index contributed by atoms with van der Waals surface area (Å²) in [5.41, 5.74) is 14.0. The predicted molar refractivity (Wildman–Crippen MR) is 68.6 cm³/mol. The highest BCUT2D eigenvalue weighted by atomic mass is 15.1. The Morgan fingerprint density at radius 2 is 1.89 bits per heavy atom. The number of nitrogens with zero attached hydrogens (tertiary/aromatic N) is 3. The minimum atomic E-state index is -0.334. The van der Waals surface area contributed by atoms with Crippen molar-refractivity contribution in [1.29, 1.82) is 0 Å². The second-order valence-corrected chi connectivity index (χ2v) is 3.97. The summed E-state index contributed by atoms with van der Waals surface area (Å²) in [5.74, 6) is 1.00. The molecule has 6 nitrogen and oxygen atoms in total. The number of fused-ring (bicyclic) bond motifs is 1. The van der Waals surface area contributed by atoms with Gasteiger partial charge in [0.2, 0.25) is 0 Å². The third kappa shape index (κ3) is 1.68. The Morgan fingerprint density at radius 3 is 2.61 bits per heavy atom. The molecule has 0 bridgehead atoms. The van der Waals surface area contributed by atoms with E-state index < -0.39 is 0 Å². The first-order chi connectivity index (χ1) is 8.75. The standard InChI is InChI=1S/C12H12N6/c13-8(7-4-2-1-3-5-7)11-17-9-10(14)15-6-16-12(9)18-11/h1-6,8H,13H2,(H3,14,15,16,17,18). The molecule has 0 spiro atoms. The van der Waals surface area contributed by atoms with Crippen molar-refractivity contribution in [3.8, 4) is 0 Å². The van der Waals surface area contributed by atoms with Crippen molar-refractivity contribution in [3.63, 3.8) is 0 Å². The van der Waals surface area contributed by atoms with Crippen LogP contribution in [-0.2, 0) is 0 Å². The number of rotatable bonds is 2. The number of anilines is 1. The number of hydrogen-bond donors (Lipinski definition) is 3. The van der Waals surface area contributed by atoms with E-state index in [0.29, 0.717) is 22.8 Å². The summed E-state index contributed by atoms with van der Waals surface area (Å²) in [4.78, 5) is 15.4. The molecule has 0 amide bonds. The van der Waals surface area contributed by atoms with Crippen molar-refractivity contribution in [2.75, 3.05) is 5.73 Å². The van der Waals surface area contributed by atoms with E-state index in [4.69, 9.17) is 11.5 Å². The van der Waals surface area contributed by atoms with Gasteiger partial charge in [-0.15, -0.1) is 0 Å². The Morgan fingerprint density at radius 1 is 1.11 bits per heavy atom. The summed E-state index contributed by atoms with van der Waals surface area (Å²) < 4.78 is 0. The predicted octanol–water partition coefficient (Wildman–Crippen LogP) is 0.983. The van der Waals surface area contributed by atoms with Crippen molar-refractivity contribution in [3.05, 3.63) is 48.0 Å². The molecule has 0 radical (unpaired) electrons. The molecule has 0 aliphatic rings. The highest BCUT2D eigenvalue weighted by Gasteiger charge is 2.15. The first-order valence-electron chi connectivity index (χ1n) is 5.52. The molecule has 0 saturated carbocycles. The van der Waals surface area contributed by atoms with Gasteiger partial charge in [-0.1, -0.05) is 30.3 Å². The summed E-state index contributed by atoms with van der Waals surface area (Å²) in [6, 6.07) is 9.38. The molecular weight excluding hydrogens is 228 g/mol. The number of aromatic amines is 1. The van der Waals surface area contributed by atoms with Crippen LogP contribution in [0, 0.1) is 0 Å². The van der Waals surface area contributed by atoms with E-state index in [1.807, 2.05) is 30.3 Å². The van der Waals surface area contributed by atoms with Crippen molar-refractivity contribution in [2.45, 2.75) is 6.04 Å². The summed E-state index contributed by atoms with van der Waals surface area (Å²) in [7, 11) is 0. The number of H-pyrrole nitrogens is 1. The highest BCUT2D eigenvalue weighted by molar-refractivity contribution is 5.81. The maximum atomic E-state index is 6.15. The van der Waals surface area contributed by atoms with E-state index >= 15 is 0 Å². The summed E-state index contributed by atoms with van der Waals surface area (Å²) in [6.07, 6.45) is 1.39. The lowest BCUT2D eigenvalue weighted by atomic mass is 10.1. The Balaban J connectivity index is 2.07. The van der Waals surface area contributed by atoms with Crippen molar-refractivity contribution >= 4 is 17.0 Å². The lowest BCUT2D eigenvalue weighted by Crippen LogP contribution is -2.13. The first kappa shape index (κ1) is 10.7. The minimum absolute atomic E-state index is 0.334. The average Bonchev–Trinajstić information content (AvgIpc) is 2.84. The van der Waals surface area contributed by atoms with Gasteiger partial charge in [0.15, 0.2) is 11.5 Å². The van der Waals surface area contributed by atoms with Crippen molar-refractivity contribution in [1.82, 2.24) is 19.9 Å². The van der Waals surface area contributed by atoms with Crippen molar-refractivity contribution in [2.24, 2.45) is 5.73 Å². The molecule has 18 heavy (non-hydrogen) atoms. The minimum Gasteiger partial charge on any atom is -0.382 e. The molecule has 3 rings (SSSR count). The van der Waals surface area contributed by atoms with E-state index in [1.165, 1.54) is 6.33 Å². The third-order valence-corrected chi connectivity index (χ3v) is 2.79. The highest BCUT2D eigenvalue weighted by Crippen LogP contribution is 2.20. The smallest absolute Gasteiger partial charge is 0.183 e. The van der Waals surface area contributed by atoms with Crippen LogP contribution in [0.3, 0.4) is 0 Å². The Hall–Kier alpha value is -2.47. The fourth-order valence-corrected chi connectivity index (χ4v) is 1.83. The van der Waals surface area contributed by atoms with Gasteiger partial charge in [0.1, 0.15) is 17.7 Å². The zero-order chi connectivity index (χ0) is 12.5. The van der Waals surface area contributed by atoms with E-state index in [1.54, 1.807) is 0 Å². The van der Waals surface area contributed by atoms with E-state index in [2.05, 4.69) is 19.9 Å². The van der Waals surface area contributed by atoms with Gasteiger partial charge in [0, 0.05) is 0 Å². The van der Waals surface area contributed by atoms with Gasteiger partial charge in [0.05, 0.1) is 6.04 Å². The molecule has 1 aromatic carbocycles. The largest absolute Gasteiger partial charge is 0.382 e. The first-order valence-corrected chi connectivity index (χ1v) is 5.52. The zero-order valence-electron chi connectivity index (χ0n) is 9.54. The number of nitrogens with one attached hydrogen (secondary N) is 1. The van der Waals surface area contributed by atoms with Crippen molar-refractivity contribution < 1.29 is 0 Å². The summed E-state index contributed by atoms with van der Waals surface area (Å²) >= 11 is 0. The molecule has 5 N–H and O–H groups in total. The molecule has 1 atom stereocenters. The molecule has 0 aliphatic heterocycles. The number of aromatic nitrogens is 4. The van der Waals surface area contributed by atoms with Crippen LogP contribution in [0.5, 0.6) is 0 Å². The maximum Gasteiger partial charge on any atom is 0.183 e. The molecule has 6 heteroatoms. The fourth-order valence-electron chi connectivity index (χ4n) is 1.83. The van der Waals surface area contributed by atoms with Gasteiger partial charge >= 0.3 is 0 Å². The molecule has 2 aromatic heterocycles. The van der Waals surface area contributed by atoms with Gasteiger partial charge in [-0.25, -0.2) is 15.0 Å². The van der Waals surface area contributed by atoms with Gasteiger partial charge in [-0.2, -0.15) is 0 Å². The van der Waals surface area contributed by atoms with Crippen LogP contribution in [-0.4, -0.2) is 19.9 Å². The quantitative estimate of drug-likeness (QED) is 0.619. The Kier molecular flexibility index (Phi) is 2.42. The monoisotopic (exact) mass is 240 g/mol. The SMILES string of the molecule is Nc1ncnc2nc(C(N)c3ccccc3)[nH]c12. The van der Waals surface area contributed by atoms with Gasteiger partial charge in [-0.05, 0) is 5.56 Å². The summed E-state index contributed by atoms with van der Waals surface area (Å²) in [6.45, 7) is 0. The number of hydrogen-bond acceptors (Lipinski definition) is 5. The third-order valence-electron chi connectivity index (χ3n) is 2.79. The van der Waals surface area contributed by atoms with Gasteiger partial charge in [0.25, 0.3) is 0 Å². The van der Waals surface area contributed by atoms with Gasteiger partial charge < -0.3 is 16.5 Å². The second kappa shape index (κ2) is 4.08. The Bertz CT molecular complexity index is 675. The van der Waals surface area contributed by atoms with Crippen LogP contribution in [0.15, 0.2) is 36.7 Å². The Labute approximate surface area is 103 Å². The van der Waals surface area contributed by atoms with E-state index in [-0.39, 0.29) is 6.04 Å². The number of nitrogen functional groups attached to an aromatic ring is 1. The molecule has 0 saturated heterocycles. The number of nitrogens with two attached hydrogens (primary N) is 2.